The minimum absolute atomic E-state index is 0.0300. The van der Waals surface area contributed by atoms with Crippen LogP contribution in [0.15, 0.2) is 40.4 Å². The normalized spacial score (nSPS) is 10.3. The summed E-state index contributed by atoms with van der Waals surface area (Å²) in [5.74, 6) is 0.255. The molecule has 0 spiro atoms. The van der Waals surface area contributed by atoms with Crippen LogP contribution in [-0.4, -0.2) is 17.1 Å². The first-order valence-electron chi connectivity index (χ1n) is 4.69. The van der Waals surface area contributed by atoms with E-state index in [1.165, 1.54) is 11.8 Å². The topological polar surface area (TPSA) is 35.0 Å². The first-order chi connectivity index (χ1) is 8.19. The van der Waals surface area contributed by atoms with Crippen molar-refractivity contribution < 1.29 is 9.13 Å². The third-order valence-corrected chi connectivity index (χ3v) is 3.13. The summed E-state index contributed by atoms with van der Waals surface area (Å²) in [6, 6.07) is 7.23. The molecule has 88 valence electrons. The molecule has 2 rings (SSSR count). The highest BCUT2D eigenvalue weighted by atomic mass is 35.5. The molecule has 17 heavy (non-hydrogen) atoms. The Balaban J connectivity index is 2.22. The van der Waals surface area contributed by atoms with Gasteiger partial charge < -0.3 is 4.74 Å². The zero-order valence-electron chi connectivity index (χ0n) is 8.85. The molecule has 3 nitrogen and oxygen atoms in total. The highest BCUT2D eigenvalue weighted by Crippen LogP contribution is 2.29. The van der Waals surface area contributed by atoms with E-state index in [0.29, 0.717) is 0 Å². The van der Waals surface area contributed by atoms with Gasteiger partial charge >= 0.3 is 0 Å². The summed E-state index contributed by atoms with van der Waals surface area (Å²) >= 11 is 6.79. The molecule has 0 saturated carbocycles. The molecule has 0 atom stereocenters. The Labute approximate surface area is 107 Å². The average Bonchev–Trinajstić information content (AvgIpc) is 2.35. The van der Waals surface area contributed by atoms with Gasteiger partial charge in [-0.3, -0.25) is 0 Å². The van der Waals surface area contributed by atoms with Gasteiger partial charge in [-0.15, -0.1) is 0 Å². The van der Waals surface area contributed by atoms with E-state index in [-0.39, 0.29) is 10.3 Å². The fourth-order valence-corrected chi connectivity index (χ4v) is 2.12. The standard InChI is InChI=1S/C11H8ClFN2OS/c1-16-7-2-4-8(5-3-7)17-10-9(13)6-14-11(12)15-10/h2-6H,1H3. The zero-order chi connectivity index (χ0) is 12.3. The molecule has 0 bridgehead atoms. The summed E-state index contributed by atoms with van der Waals surface area (Å²) in [7, 11) is 1.59. The molecular weight excluding hydrogens is 263 g/mol. The van der Waals surface area contributed by atoms with Gasteiger partial charge in [0.25, 0.3) is 0 Å². The molecule has 6 heteroatoms. The number of ether oxygens (including phenoxy) is 1. The third kappa shape index (κ3) is 3.08. The van der Waals surface area contributed by atoms with Crippen molar-refractivity contribution in [2.75, 3.05) is 7.11 Å². The molecule has 0 radical (unpaired) electrons. The van der Waals surface area contributed by atoms with E-state index in [1.807, 2.05) is 12.1 Å². The molecule has 0 amide bonds. The summed E-state index contributed by atoms with van der Waals surface area (Å²) in [6.07, 6.45) is 1.06. The number of rotatable bonds is 3. The molecule has 0 unspecified atom stereocenters. The van der Waals surface area contributed by atoms with Crippen LogP contribution in [0.5, 0.6) is 5.75 Å². The number of nitrogens with zero attached hydrogens (tertiary/aromatic N) is 2. The third-order valence-electron chi connectivity index (χ3n) is 1.96. The molecule has 1 aromatic heterocycles. The van der Waals surface area contributed by atoms with Gasteiger partial charge in [0.2, 0.25) is 5.28 Å². The Hall–Kier alpha value is -1.33. The van der Waals surface area contributed by atoms with E-state index in [1.54, 1.807) is 19.2 Å². The lowest BCUT2D eigenvalue weighted by molar-refractivity contribution is 0.414. The van der Waals surface area contributed by atoms with Crippen LogP contribution < -0.4 is 4.74 Å². The van der Waals surface area contributed by atoms with Gasteiger partial charge in [-0.1, -0.05) is 11.8 Å². The fourth-order valence-electron chi connectivity index (χ4n) is 1.16. The maximum Gasteiger partial charge on any atom is 0.223 e. The lowest BCUT2D eigenvalue weighted by Gasteiger charge is -2.03. The number of hydrogen-bond acceptors (Lipinski definition) is 4. The quantitative estimate of drug-likeness (QED) is 0.632. The highest BCUT2D eigenvalue weighted by Gasteiger charge is 2.07. The van der Waals surface area contributed by atoms with Gasteiger partial charge in [-0.05, 0) is 35.9 Å². The summed E-state index contributed by atoms with van der Waals surface area (Å²) < 4.78 is 18.4. The van der Waals surface area contributed by atoms with Crippen molar-refractivity contribution >= 4 is 23.4 Å². The molecule has 0 aliphatic rings. The number of methoxy groups -OCH3 is 1. The fraction of sp³-hybridized carbons (Fsp3) is 0.0909. The van der Waals surface area contributed by atoms with E-state index < -0.39 is 5.82 Å². The molecular formula is C11H8ClFN2OS. The van der Waals surface area contributed by atoms with Crippen molar-refractivity contribution in [2.24, 2.45) is 0 Å². The van der Waals surface area contributed by atoms with Crippen molar-refractivity contribution in [3.8, 4) is 5.75 Å². The Morgan fingerprint density at radius 1 is 1.29 bits per heavy atom. The van der Waals surface area contributed by atoms with Crippen LogP contribution in [0.3, 0.4) is 0 Å². The van der Waals surface area contributed by atoms with Gasteiger partial charge in [-0.2, -0.15) is 0 Å². The summed E-state index contributed by atoms with van der Waals surface area (Å²) in [4.78, 5) is 8.22. The Morgan fingerprint density at radius 3 is 2.65 bits per heavy atom. The van der Waals surface area contributed by atoms with Gasteiger partial charge in [0.15, 0.2) is 5.82 Å². The van der Waals surface area contributed by atoms with E-state index in [2.05, 4.69) is 9.97 Å². The average molecular weight is 271 g/mol. The van der Waals surface area contributed by atoms with Crippen LogP contribution in [0.1, 0.15) is 0 Å². The van der Waals surface area contributed by atoms with Gasteiger partial charge in [-0.25, -0.2) is 14.4 Å². The first-order valence-corrected chi connectivity index (χ1v) is 5.88. The van der Waals surface area contributed by atoms with Crippen LogP contribution in [0, 0.1) is 5.82 Å². The minimum Gasteiger partial charge on any atom is -0.497 e. The summed E-state index contributed by atoms with van der Waals surface area (Å²) in [5.41, 5.74) is 0. The smallest absolute Gasteiger partial charge is 0.223 e. The number of hydrogen-bond donors (Lipinski definition) is 0. The van der Waals surface area contributed by atoms with Crippen molar-refractivity contribution in [1.82, 2.24) is 9.97 Å². The Morgan fingerprint density at radius 2 is 2.00 bits per heavy atom. The van der Waals surface area contributed by atoms with Crippen molar-refractivity contribution in [2.45, 2.75) is 9.92 Å². The molecule has 1 aromatic carbocycles. The van der Waals surface area contributed by atoms with Crippen LogP contribution >= 0.6 is 23.4 Å². The van der Waals surface area contributed by atoms with E-state index in [9.17, 15) is 4.39 Å². The monoisotopic (exact) mass is 270 g/mol. The Kier molecular flexibility index (Phi) is 3.81. The zero-order valence-corrected chi connectivity index (χ0v) is 10.4. The molecule has 2 aromatic rings. The second-order valence-corrected chi connectivity index (χ2v) is 4.47. The van der Waals surface area contributed by atoms with Crippen LogP contribution in [0.25, 0.3) is 0 Å². The molecule has 1 heterocycles. The minimum atomic E-state index is -0.491. The molecule has 0 fully saturated rings. The maximum absolute atomic E-state index is 13.4. The van der Waals surface area contributed by atoms with Gasteiger partial charge in [0, 0.05) is 4.90 Å². The molecule has 0 N–H and O–H groups in total. The van der Waals surface area contributed by atoms with Crippen LogP contribution in [0.4, 0.5) is 4.39 Å². The van der Waals surface area contributed by atoms with Crippen molar-refractivity contribution in [3.05, 3.63) is 41.6 Å². The lowest BCUT2D eigenvalue weighted by atomic mass is 10.3. The van der Waals surface area contributed by atoms with E-state index in [0.717, 1.165) is 16.8 Å². The molecule has 0 saturated heterocycles. The first kappa shape index (κ1) is 12.1. The van der Waals surface area contributed by atoms with Crippen LogP contribution in [-0.2, 0) is 0 Å². The highest BCUT2D eigenvalue weighted by molar-refractivity contribution is 7.99. The Bertz CT molecular complexity index is 521. The summed E-state index contributed by atoms with van der Waals surface area (Å²) in [6.45, 7) is 0. The van der Waals surface area contributed by atoms with Crippen molar-refractivity contribution in [3.63, 3.8) is 0 Å². The van der Waals surface area contributed by atoms with Gasteiger partial charge in [0.05, 0.1) is 13.3 Å². The lowest BCUT2D eigenvalue weighted by Crippen LogP contribution is -1.90. The van der Waals surface area contributed by atoms with E-state index >= 15 is 0 Å². The van der Waals surface area contributed by atoms with Crippen LogP contribution in [0.2, 0.25) is 5.28 Å². The van der Waals surface area contributed by atoms with Crippen molar-refractivity contribution in [1.29, 1.82) is 0 Å². The maximum atomic E-state index is 13.4. The predicted molar refractivity (Wildman–Crippen MR) is 64.1 cm³/mol. The number of aromatic nitrogens is 2. The number of benzene rings is 1. The second kappa shape index (κ2) is 5.33. The SMILES string of the molecule is COc1ccc(Sc2nc(Cl)ncc2F)cc1. The predicted octanol–water partition coefficient (Wildman–Crippen LogP) is 3.43. The van der Waals surface area contributed by atoms with Gasteiger partial charge in [0.1, 0.15) is 10.8 Å². The second-order valence-electron chi connectivity index (χ2n) is 3.07. The number of halogens is 2. The van der Waals surface area contributed by atoms with E-state index in [4.69, 9.17) is 16.3 Å². The molecule has 0 aliphatic carbocycles. The summed E-state index contributed by atoms with van der Waals surface area (Å²) in [5, 5.41) is 0.234. The molecule has 0 aliphatic heterocycles. The largest absolute Gasteiger partial charge is 0.497 e.